The van der Waals surface area contributed by atoms with Crippen molar-refractivity contribution in [3.63, 3.8) is 0 Å². The van der Waals surface area contributed by atoms with E-state index in [1.807, 2.05) is 32.9 Å². The van der Waals surface area contributed by atoms with Crippen molar-refractivity contribution < 1.29 is 24.2 Å². The van der Waals surface area contributed by atoms with Crippen LogP contribution in [0.2, 0.25) is 0 Å². The number of para-hydroxylation sites is 2. The zero-order valence-electron chi connectivity index (χ0n) is 21.6. The summed E-state index contributed by atoms with van der Waals surface area (Å²) >= 11 is 0. The summed E-state index contributed by atoms with van der Waals surface area (Å²) in [5.74, 6) is -0.996. The molecular formula is C27H37N3O5. The average molecular weight is 484 g/mol. The molecule has 35 heavy (non-hydrogen) atoms. The highest BCUT2D eigenvalue weighted by Crippen LogP contribution is 2.30. The largest absolute Gasteiger partial charge is 0.508 e. The number of aromatic hydroxyl groups is 1. The molecular weight excluding hydrogens is 446 g/mol. The second kappa shape index (κ2) is 11.7. The van der Waals surface area contributed by atoms with Gasteiger partial charge in [-0.05, 0) is 57.7 Å². The van der Waals surface area contributed by atoms with Gasteiger partial charge in [0, 0.05) is 18.3 Å². The SMILES string of the molecule is Cc1ccccc1NC(=O)C(c1ccccc1O)N(C)C(=O)C(CC(C)C)NC(=O)OC(C)(C)C. The van der Waals surface area contributed by atoms with Crippen LogP contribution in [0, 0.1) is 12.8 Å². The fourth-order valence-corrected chi connectivity index (χ4v) is 3.67. The van der Waals surface area contributed by atoms with E-state index in [0.717, 1.165) is 5.56 Å². The number of likely N-dealkylation sites (N-methyl/N-ethyl adjacent to an activating group) is 1. The van der Waals surface area contributed by atoms with Gasteiger partial charge in [-0.2, -0.15) is 0 Å². The van der Waals surface area contributed by atoms with Crippen LogP contribution in [-0.2, 0) is 14.3 Å². The first-order chi connectivity index (χ1) is 16.3. The van der Waals surface area contributed by atoms with Crippen LogP contribution in [0.4, 0.5) is 10.5 Å². The van der Waals surface area contributed by atoms with Gasteiger partial charge in [0.1, 0.15) is 23.4 Å². The minimum absolute atomic E-state index is 0.0802. The zero-order chi connectivity index (χ0) is 26.3. The van der Waals surface area contributed by atoms with Crippen LogP contribution >= 0.6 is 0 Å². The summed E-state index contributed by atoms with van der Waals surface area (Å²) in [4.78, 5) is 40.8. The standard InChI is InChI=1S/C27H37N3O5/c1-17(2)16-21(29-26(34)35-27(4,5)6)25(33)30(7)23(19-13-9-11-15-22(19)31)24(32)28-20-14-10-8-12-18(20)3/h8-15,17,21,23,31H,16H2,1-7H3,(H,28,32)(H,29,34). The van der Waals surface area contributed by atoms with Gasteiger partial charge in [0.05, 0.1) is 0 Å². The summed E-state index contributed by atoms with van der Waals surface area (Å²) in [6.07, 6.45) is -0.372. The number of hydrogen-bond acceptors (Lipinski definition) is 5. The van der Waals surface area contributed by atoms with Crippen molar-refractivity contribution in [3.8, 4) is 5.75 Å². The molecule has 190 valence electrons. The molecule has 2 atom stereocenters. The van der Waals surface area contributed by atoms with Gasteiger partial charge in [-0.25, -0.2) is 4.79 Å². The van der Waals surface area contributed by atoms with Gasteiger partial charge < -0.3 is 25.4 Å². The molecule has 0 aliphatic heterocycles. The van der Waals surface area contributed by atoms with Crippen molar-refractivity contribution in [1.29, 1.82) is 0 Å². The van der Waals surface area contributed by atoms with E-state index in [1.54, 1.807) is 51.1 Å². The number of benzene rings is 2. The van der Waals surface area contributed by atoms with Crippen molar-refractivity contribution in [2.45, 2.75) is 65.6 Å². The Morgan fingerprint density at radius 3 is 2.20 bits per heavy atom. The molecule has 0 heterocycles. The molecule has 0 aromatic heterocycles. The first-order valence-corrected chi connectivity index (χ1v) is 11.7. The summed E-state index contributed by atoms with van der Waals surface area (Å²) in [5, 5.41) is 16.1. The molecule has 3 amide bonds. The summed E-state index contributed by atoms with van der Waals surface area (Å²) in [6, 6.07) is 11.6. The van der Waals surface area contributed by atoms with Crippen LogP contribution in [0.3, 0.4) is 0 Å². The molecule has 2 rings (SSSR count). The van der Waals surface area contributed by atoms with Gasteiger partial charge in [-0.3, -0.25) is 9.59 Å². The van der Waals surface area contributed by atoms with E-state index in [4.69, 9.17) is 4.74 Å². The van der Waals surface area contributed by atoms with Gasteiger partial charge in [0.25, 0.3) is 5.91 Å². The van der Waals surface area contributed by atoms with E-state index in [9.17, 15) is 19.5 Å². The van der Waals surface area contributed by atoms with Crippen molar-refractivity contribution in [1.82, 2.24) is 10.2 Å². The molecule has 8 nitrogen and oxygen atoms in total. The Bertz CT molecular complexity index is 1050. The molecule has 0 spiro atoms. The third kappa shape index (κ3) is 8.02. The molecule has 2 unspecified atom stereocenters. The highest BCUT2D eigenvalue weighted by molar-refractivity contribution is 5.99. The highest BCUT2D eigenvalue weighted by Gasteiger charge is 2.35. The van der Waals surface area contributed by atoms with Crippen LogP contribution in [0.5, 0.6) is 5.75 Å². The van der Waals surface area contributed by atoms with Gasteiger partial charge >= 0.3 is 6.09 Å². The maximum absolute atomic E-state index is 13.6. The second-order valence-corrected chi connectivity index (χ2v) is 10.0. The van der Waals surface area contributed by atoms with Gasteiger partial charge in [-0.1, -0.05) is 50.2 Å². The minimum atomic E-state index is -1.14. The van der Waals surface area contributed by atoms with Gasteiger partial charge in [0.15, 0.2) is 0 Å². The summed E-state index contributed by atoms with van der Waals surface area (Å²) in [5.41, 5.74) is 1.00. The number of hydrogen-bond donors (Lipinski definition) is 3. The van der Waals surface area contributed by atoms with Crippen molar-refractivity contribution in [2.24, 2.45) is 5.92 Å². The van der Waals surface area contributed by atoms with E-state index in [-0.39, 0.29) is 17.2 Å². The van der Waals surface area contributed by atoms with E-state index in [0.29, 0.717) is 12.1 Å². The van der Waals surface area contributed by atoms with Gasteiger partial charge in [0.2, 0.25) is 5.91 Å². The first-order valence-electron chi connectivity index (χ1n) is 11.7. The Kier molecular flexibility index (Phi) is 9.28. The number of phenols is 1. The quantitative estimate of drug-likeness (QED) is 0.501. The molecule has 0 radical (unpaired) electrons. The number of ether oxygens (including phenoxy) is 1. The van der Waals surface area contributed by atoms with Crippen molar-refractivity contribution in [3.05, 3.63) is 59.7 Å². The molecule has 2 aromatic rings. The maximum Gasteiger partial charge on any atom is 0.408 e. The van der Waals surface area contributed by atoms with Crippen LogP contribution in [0.25, 0.3) is 0 Å². The van der Waals surface area contributed by atoms with Crippen LogP contribution in [-0.4, -0.2) is 46.6 Å². The topological polar surface area (TPSA) is 108 Å². The zero-order valence-corrected chi connectivity index (χ0v) is 21.6. The molecule has 0 fully saturated rings. The maximum atomic E-state index is 13.6. The smallest absolute Gasteiger partial charge is 0.408 e. The lowest BCUT2D eigenvalue weighted by Crippen LogP contribution is -2.51. The number of carbonyl (C=O) groups excluding carboxylic acids is 3. The molecule has 0 bridgehead atoms. The highest BCUT2D eigenvalue weighted by atomic mass is 16.6. The van der Waals surface area contributed by atoms with Crippen LogP contribution in [0.15, 0.2) is 48.5 Å². The molecule has 0 aliphatic rings. The Labute approximate surface area is 207 Å². The van der Waals surface area contributed by atoms with E-state index in [2.05, 4.69) is 10.6 Å². The van der Waals surface area contributed by atoms with Crippen LogP contribution in [0.1, 0.15) is 58.2 Å². The lowest BCUT2D eigenvalue weighted by atomic mass is 9.99. The molecule has 2 aromatic carbocycles. The third-order valence-corrected chi connectivity index (χ3v) is 5.31. The van der Waals surface area contributed by atoms with Crippen molar-refractivity contribution in [2.75, 3.05) is 12.4 Å². The summed E-state index contributed by atoms with van der Waals surface area (Å²) in [6.45, 7) is 10.9. The number of amides is 3. The number of nitrogens with zero attached hydrogens (tertiary/aromatic N) is 1. The Morgan fingerprint density at radius 1 is 1.03 bits per heavy atom. The number of aryl methyl sites for hydroxylation is 1. The fourth-order valence-electron chi connectivity index (χ4n) is 3.67. The Balaban J connectivity index is 2.40. The molecule has 0 saturated carbocycles. The summed E-state index contributed by atoms with van der Waals surface area (Å²) in [7, 11) is 1.49. The number of nitrogens with one attached hydrogen (secondary N) is 2. The van der Waals surface area contributed by atoms with Crippen LogP contribution < -0.4 is 10.6 Å². The predicted molar refractivity (Wildman–Crippen MR) is 136 cm³/mol. The van der Waals surface area contributed by atoms with E-state index < -0.39 is 35.6 Å². The third-order valence-electron chi connectivity index (χ3n) is 5.31. The lowest BCUT2D eigenvalue weighted by Gasteiger charge is -2.32. The molecule has 8 heteroatoms. The fraction of sp³-hybridized carbons (Fsp3) is 0.444. The number of alkyl carbamates (subject to hydrolysis) is 1. The van der Waals surface area contributed by atoms with Gasteiger partial charge in [-0.15, -0.1) is 0 Å². The monoisotopic (exact) mass is 483 g/mol. The van der Waals surface area contributed by atoms with E-state index >= 15 is 0 Å². The Morgan fingerprint density at radius 2 is 1.63 bits per heavy atom. The number of phenolic OH excluding ortho intramolecular Hbond substituents is 1. The predicted octanol–water partition coefficient (Wildman–Crippen LogP) is 4.78. The number of carbonyl (C=O) groups is 3. The average Bonchev–Trinajstić information content (AvgIpc) is 2.74. The second-order valence-electron chi connectivity index (χ2n) is 10.0. The normalized spacial score (nSPS) is 13.0. The summed E-state index contributed by atoms with van der Waals surface area (Å²) < 4.78 is 5.34. The lowest BCUT2D eigenvalue weighted by molar-refractivity contribution is -0.139. The van der Waals surface area contributed by atoms with E-state index in [1.165, 1.54) is 18.0 Å². The van der Waals surface area contributed by atoms with Crippen molar-refractivity contribution >= 4 is 23.6 Å². The molecule has 0 saturated heterocycles. The first kappa shape index (κ1) is 27.7. The number of rotatable bonds is 8. The molecule has 3 N–H and O–H groups in total. The Hall–Kier alpha value is -3.55. The minimum Gasteiger partial charge on any atom is -0.508 e. The molecule has 0 aliphatic carbocycles. The number of anilines is 1.